The molecule has 0 amide bonds. The Kier molecular flexibility index (Phi) is 4.77. The summed E-state index contributed by atoms with van der Waals surface area (Å²) in [6.45, 7) is 2.18. The number of phenols is 1. The van der Waals surface area contributed by atoms with Crippen LogP contribution in [0.25, 0.3) is 22.3 Å². The lowest BCUT2D eigenvalue weighted by Gasteiger charge is -2.17. The van der Waals surface area contributed by atoms with Gasteiger partial charge in [0.25, 0.3) is 0 Å². The van der Waals surface area contributed by atoms with Gasteiger partial charge in [-0.15, -0.1) is 0 Å². The van der Waals surface area contributed by atoms with Gasteiger partial charge in [-0.05, 0) is 41.2 Å². The molecule has 3 aromatic rings. The minimum Gasteiger partial charge on any atom is -0.508 e. The fraction of sp³-hybridized carbons (Fsp3) is 0.182. The van der Waals surface area contributed by atoms with Gasteiger partial charge in [-0.1, -0.05) is 80.1 Å². The van der Waals surface area contributed by atoms with E-state index >= 15 is 0 Å². The molecule has 0 fully saturated rings. The van der Waals surface area contributed by atoms with Crippen LogP contribution in [-0.4, -0.2) is 5.11 Å². The highest BCUT2D eigenvalue weighted by Gasteiger charge is 2.15. The second kappa shape index (κ2) is 7.15. The summed E-state index contributed by atoms with van der Waals surface area (Å²) in [5.74, 6) is 0.400. The summed E-state index contributed by atoms with van der Waals surface area (Å²) in [6.07, 6.45) is 3.09. The van der Waals surface area contributed by atoms with Gasteiger partial charge < -0.3 is 5.11 Å². The van der Waals surface area contributed by atoms with Crippen LogP contribution in [0.3, 0.4) is 0 Å². The molecule has 23 heavy (non-hydrogen) atoms. The zero-order valence-electron chi connectivity index (χ0n) is 13.5. The standard InChI is InChI=1S/C22H22O/c1-2-3-14-20-21(23)16-15-19(17-10-6-4-7-11-17)22(20)18-12-8-5-9-13-18/h4-13,15-16,23H,2-3,14H2,1H3. The van der Waals surface area contributed by atoms with Crippen molar-refractivity contribution in [3.8, 4) is 28.0 Å². The molecule has 0 aliphatic carbocycles. The molecule has 0 aromatic heterocycles. The fourth-order valence-electron chi connectivity index (χ4n) is 3.04. The predicted octanol–water partition coefficient (Wildman–Crippen LogP) is 6.07. The lowest BCUT2D eigenvalue weighted by molar-refractivity contribution is 0.467. The van der Waals surface area contributed by atoms with E-state index in [1.807, 2.05) is 24.3 Å². The fourth-order valence-corrected chi connectivity index (χ4v) is 3.04. The molecule has 0 saturated carbocycles. The van der Waals surface area contributed by atoms with Crippen molar-refractivity contribution in [2.24, 2.45) is 0 Å². The Hall–Kier alpha value is -2.54. The molecule has 1 nitrogen and oxygen atoms in total. The van der Waals surface area contributed by atoms with Crippen LogP contribution in [0, 0.1) is 0 Å². The third kappa shape index (κ3) is 3.29. The van der Waals surface area contributed by atoms with E-state index in [1.54, 1.807) is 0 Å². The predicted molar refractivity (Wildman–Crippen MR) is 97.6 cm³/mol. The molecule has 0 aliphatic rings. The van der Waals surface area contributed by atoms with Gasteiger partial charge >= 0.3 is 0 Å². The summed E-state index contributed by atoms with van der Waals surface area (Å²) < 4.78 is 0. The van der Waals surface area contributed by atoms with Crippen molar-refractivity contribution < 1.29 is 5.11 Å². The topological polar surface area (TPSA) is 20.2 Å². The summed E-state index contributed by atoms with van der Waals surface area (Å²) in [4.78, 5) is 0. The first-order valence-corrected chi connectivity index (χ1v) is 8.27. The lowest BCUT2D eigenvalue weighted by atomic mass is 9.88. The van der Waals surface area contributed by atoms with Gasteiger partial charge in [-0.25, -0.2) is 0 Å². The molecule has 0 spiro atoms. The van der Waals surface area contributed by atoms with Gasteiger partial charge in [-0.2, -0.15) is 0 Å². The Balaban J connectivity index is 2.24. The van der Waals surface area contributed by atoms with Crippen LogP contribution in [0.4, 0.5) is 0 Å². The van der Waals surface area contributed by atoms with Crippen molar-refractivity contribution in [2.75, 3.05) is 0 Å². The molecule has 0 aliphatic heterocycles. The number of aromatic hydroxyl groups is 1. The maximum absolute atomic E-state index is 10.5. The zero-order chi connectivity index (χ0) is 16.1. The zero-order valence-corrected chi connectivity index (χ0v) is 13.5. The van der Waals surface area contributed by atoms with Crippen molar-refractivity contribution >= 4 is 0 Å². The number of hydrogen-bond acceptors (Lipinski definition) is 1. The molecule has 1 heteroatoms. The normalized spacial score (nSPS) is 10.7. The highest BCUT2D eigenvalue weighted by Crippen LogP contribution is 2.39. The van der Waals surface area contributed by atoms with Crippen LogP contribution in [0.1, 0.15) is 25.3 Å². The van der Waals surface area contributed by atoms with Crippen molar-refractivity contribution in [1.82, 2.24) is 0 Å². The molecule has 0 saturated heterocycles. The summed E-state index contributed by atoms with van der Waals surface area (Å²) in [6, 6.07) is 24.6. The van der Waals surface area contributed by atoms with Crippen LogP contribution in [0.15, 0.2) is 72.8 Å². The monoisotopic (exact) mass is 302 g/mol. The molecular formula is C22H22O. The highest BCUT2D eigenvalue weighted by molar-refractivity contribution is 5.87. The molecule has 0 bridgehead atoms. The minimum absolute atomic E-state index is 0.400. The van der Waals surface area contributed by atoms with E-state index in [4.69, 9.17) is 0 Å². The average Bonchev–Trinajstić information content (AvgIpc) is 2.62. The third-order valence-electron chi connectivity index (χ3n) is 4.22. The maximum atomic E-state index is 10.5. The van der Waals surface area contributed by atoms with Crippen LogP contribution in [-0.2, 0) is 6.42 Å². The van der Waals surface area contributed by atoms with E-state index in [1.165, 1.54) is 11.1 Å². The summed E-state index contributed by atoms with van der Waals surface area (Å²) in [5.41, 5.74) is 5.74. The van der Waals surface area contributed by atoms with Gasteiger partial charge in [-0.3, -0.25) is 0 Å². The van der Waals surface area contributed by atoms with Crippen LogP contribution in [0.5, 0.6) is 5.75 Å². The Labute approximate surface area is 138 Å². The molecular weight excluding hydrogens is 280 g/mol. The molecule has 0 atom stereocenters. The largest absolute Gasteiger partial charge is 0.508 e. The molecule has 0 heterocycles. The van der Waals surface area contributed by atoms with Gasteiger partial charge in [0.05, 0.1) is 0 Å². The Morgan fingerprint density at radius 1 is 0.739 bits per heavy atom. The number of benzene rings is 3. The molecule has 1 N–H and O–H groups in total. The smallest absolute Gasteiger partial charge is 0.119 e. The first kappa shape index (κ1) is 15.4. The first-order chi connectivity index (χ1) is 11.3. The summed E-state index contributed by atoms with van der Waals surface area (Å²) in [5, 5.41) is 10.5. The lowest BCUT2D eigenvalue weighted by Crippen LogP contribution is -1.95. The highest BCUT2D eigenvalue weighted by atomic mass is 16.3. The van der Waals surface area contributed by atoms with Crippen LogP contribution in [0.2, 0.25) is 0 Å². The van der Waals surface area contributed by atoms with E-state index in [2.05, 4.69) is 55.5 Å². The number of rotatable bonds is 5. The first-order valence-electron chi connectivity index (χ1n) is 8.27. The van der Waals surface area contributed by atoms with E-state index in [0.29, 0.717) is 5.75 Å². The van der Waals surface area contributed by atoms with Gasteiger partial charge in [0, 0.05) is 5.56 Å². The molecule has 0 unspecified atom stereocenters. The number of unbranched alkanes of at least 4 members (excludes halogenated alkanes) is 1. The van der Waals surface area contributed by atoms with E-state index < -0.39 is 0 Å². The second-order valence-corrected chi connectivity index (χ2v) is 5.82. The van der Waals surface area contributed by atoms with Gasteiger partial charge in [0.15, 0.2) is 0 Å². The Morgan fingerprint density at radius 2 is 1.35 bits per heavy atom. The second-order valence-electron chi connectivity index (χ2n) is 5.82. The van der Waals surface area contributed by atoms with Gasteiger partial charge in [0.1, 0.15) is 5.75 Å². The van der Waals surface area contributed by atoms with Crippen molar-refractivity contribution in [1.29, 1.82) is 0 Å². The average molecular weight is 302 g/mol. The van der Waals surface area contributed by atoms with E-state index in [-0.39, 0.29) is 0 Å². The van der Waals surface area contributed by atoms with Gasteiger partial charge in [0.2, 0.25) is 0 Å². The number of phenolic OH excluding ortho intramolecular Hbond substituents is 1. The van der Waals surface area contributed by atoms with Crippen LogP contribution < -0.4 is 0 Å². The number of hydrogen-bond donors (Lipinski definition) is 1. The quantitative estimate of drug-likeness (QED) is 0.606. The van der Waals surface area contributed by atoms with E-state index in [0.717, 1.165) is 36.0 Å². The van der Waals surface area contributed by atoms with Crippen molar-refractivity contribution in [2.45, 2.75) is 26.2 Å². The summed E-state index contributed by atoms with van der Waals surface area (Å²) >= 11 is 0. The van der Waals surface area contributed by atoms with E-state index in [9.17, 15) is 5.11 Å². The van der Waals surface area contributed by atoms with Crippen LogP contribution >= 0.6 is 0 Å². The third-order valence-corrected chi connectivity index (χ3v) is 4.22. The Morgan fingerprint density at radius 3 is 1.96 bits per heavy atom. The molecule has 3 rings (SSSR count). The molecule has 116 valence electrons. The Bertz CT molecular complexity index is 761. The maximum Gasteiger partial charge on any atom is 0.119 e. The molecule has 3 aromatic carbocycles. The van der Waals surface area contributed by atoms with Crippen molar-refractivity contribution in [3.63, 3.8) is 0 Å². The van der Waals surface area contributed by atoms with Crippen molar-refractivity contribution in [3.05, 3.63) is 78.4 Å². The summed E-state index contributed by atoms with van der Waals surface area (Å²) in [7, 11) is 0. The SMILES string of the molecule is CCCCc1c(O)ccc(-c2ccccc2)c1-c1ccccc1. The molecule has 0 radical (unpaired) electrons. The minimum atomic E-state index is 0.400.